The van der Waals surface area contributed by atoms with E-state index in [9.17, 15) is 14.0 Å². The van der Waals surface area contributed by atoms with Gasteiger partial charge >= 0.3 is 0 Å². The van der Waals surface area contributed by atoms with Gasteiger partial charge in [0.2, 0.25) is 0 Å². The van der Waals surface area contributed by atoms with Crippen molar-refractivity contribution in [1.29, 1.82) is 0 Å². The zero-order valence-corrected chi connectivity index (χ0v) is 18.5. The Morgan fingerprint density at radius 3 is 2.34 bits per heavy atom. The molecule has 1 aromatic carbocycles. The maximum Gasteiger partial charge on any atom is 0.253 e. The van der Waals surface area contributed by atoms with Gasteiger partial charge < -0.3 is 10.2 Å². The summed E-state index contributed by atoms with van der Waals surface area (Å²) in [7, 11) is 0. The monoisotopic (exact) mass is 437 g/mol. The van der Waals surface area contributed by atoms with E-state index in [-0.39, 0.29) is 29.5 Å². The van der Waals surface area contributed by atoms with Crippen molar-refractivity contribution in [3.05, 3.63) is 65.7 Å². The highest BCUT2D eigenvalue weighted by Gasteiger charge is 2.27. The summed E-state index contributed by atoms with van der Waals surface area (Å²) in [5, 5.41) is 3.15. The molecule has 1 saturated heterocycles. The molecule has 0 bridgehead atoms. The summed E-state index contributed by atoms with van der Waals surface area (Å²) < 4.78 is 13.1. The number of likely N-dealkylation sites (tertiary alicyclic amines) is 1. The van der Waals surface area contributed by atoms with E-state index in [0.29, 0.717) is 17.0 Å². The summed E-state index contributed by atoms with van der Waals surface area (Å²) in [4.78, 5) is 31.4. The Morgan fingerprint density at radius 1 is 0.969 bits per heavy atom. The van der Waals surface area contributed by atoms with Crippen molar-refractivity contribution in [3.63, 3.8) is 0 Å². The molecule has 0 atom stereocenters. The Hall–Kier alpha value is -2.60. The third-order valence-corrected chi connectivity index (χ3v) is 7.05. The number of ketones is 1. The Balaban J connectivity index is 1.13. The van der Waals surface area contributed by atoms with Crippen LogP contribution >= 0.6 is 0 Å². The summed E-state index contributed by atoms with van der Waals surface area (Å²) in [6.07, 6.45) is 10.6. The number of nitrogens with one attached hydrogen (secondary N) is 1. The van der Waals surface area contributed by atoms with Gasteiger partial charge in [-0.2, -0.15) is 0 Å². The Labute approximate surface area is 189 Å². The van der Waals surface area contributed by atoms with Gasteiger partial charge in [0.05, 0.1) is 5.56 Å². The number of benzene rings is 1. The molecule has 1 aliphatic heterocycles. The number of piperidine rings is 1. The Bertz CT molecular complexity index is 887. The SMILES string of the molecule is O=C(NC1CCC(CCN2CCC(C(=O)c3ccc(F)cc3)CC2)CC1)c1cccnc1. The van der Waals surface area contributed by atoms with Crippen LogP contribution in [0.25, 0.3) is 0 Å². The predicted molar refractivity (Wildman–Crippen MR) is 122 cm³/mol. The summed E-state index contributed by atoms with van der Waals surface area (Å²) in [6.45, 7) is 2.98. The summed E-state index contributed by atoms with van der Waals surface area (Å²) in [5.41, 5.74) is 1.24. The average molecular weight is 438 g/mol. The Morgan fingerprint density at radius 2 is 1.69 bits per heavy atom. The number of hydrogen-bond donors (Lipinski definition) is 1. The van der Waals surface area contributed by atoms with Crippen LogP contribution in [0, 0.1) is 17.7 Å². The average Bonchev–Trinajstić information content (AvgIpc) is 2.84. The molecule has 170 valence electrons. The number of halogens is 1. The lowest BCUT2D eigenvalue weighted by molar-refractivity contribution is 0.0832. The molecular weight excluding hydrogens is 405 g/mol. The number of rotatable bonds is 7. The number of nitrogens with zero attached hydrogens (tertiary/aromatic N) is 2. The number of hydrogen-bond acceptors (Lipinski definition) is 4. The van der Waals surface area contributed by atoms with Crippen molar-refractivity contribution in [1.82, 2.24) is 15.2 Å². The number of carbonyl (C=O) groups excluding carboxylic acids is 2. The van der Waals surface area contributed by atoms with Crippen LogP contribution in [0.5, 0.6) is 0 Å². The van der Waals surface area contributed by atoms with Crippen LogP contribution in [0.4, 0.5) is 4.39 Å². The molecule has 1 N–H and O–H groups in total. The fourth-order valence-electron chi connectivity index (χ4n) is 5.00. The van der Waals surface area contributed by atoms with Gasteiger partial charge in [0, 0.05) is 29.9 Å². The molecule has 6 heteroatoms. The predicted octanol–water partition coefficient (Wildman–Crippen LogP) is 4.49. The maximum atomic E-state index is 13.1. The number of amides is 1. The zero-order valence-electron chi connectivity index (χ0n) is 18.5. The van der Waals surface area contributed by atoms with Gasteiger partial charge in [-0.25, -0.2) is 4.39 Å². The molecule has 1 aromatic heterocycles. The van der Waals surface area contributed by atoms with E-state index in [1.807, 2.05) is 0 Å². The first-order chi connectivity index (χ1) is 15.6. The van der Waals surface area contributed by atoms with Crippen LogP contribution < -0.4 is 5.32 Å². The van der Waals surface area contributed by atoms with Crippen LogP contribution in [0.3, 0.4) is 0 Å². The third kappa shape index (κ3) is 6.00. The minimum absolute atomic E-state index is 0.0281. The lowest BCUT2D eigenvalue weighted by atomic mass is 9.83. The quantitative estimate of drug-likeness (QED) is 0.648. The van der Waals surface area contributed by atoms with Gasteiger partial charge in [0.25, 0.3) is 5.91 Å². The summed E-state index contributed by atoms with van der Waals surface area (Å²) in [6, 6.07) is 9.76. The van der Waals surface area contributed by atoms with E-state index in [4.69, 9.17) is 0 Å². The first-order valence-corrected chi connectivity index (χ1v) is 11.8. The molecule has 32 heavy (non-hydrogen) atoms. The van der Waals surface area contributed by atoms with Crippen molar-refractivity contribution < 1.29 is 14.0 Å². The second-order valence-corrected chi connectivity index (χ2v) is 9.21. The first-order valence-electron chi connectivity index (χ1n) is 11.8. The fraction of sp³-hybridized carbons (Fsp3) is 0.500. The highest BCUT2D eigenvalue weighted by molar-refractivity contribution is 5.97. The number of Topliss-reactive ketones (excluding diaryl/α,β-unsaturated/α-hetero) is 1. The van der Waals surface area contributed by atoms with Crippen LogP contribution in [-0.2, 0) is 0 Å². The lowest BCUT2D eigenvalue weighted by Gasteiger charge is -2.34. The smallest absolute Gasteiger partial charge is 0.253 e. The van der Waals surface area contributed by atoms with Crippen molar-refractivity contribution in [2.75, 3.05) is 19.6 Å². The molecule has 0 unspecified atom stereocenters. The second kappa shape index (κ2) is 10.8. The van der Waals surface area contributed by atoms with Crippen LogP contribution in [-0.4, -0.2) is 47.3 Å². The van der Waals surface area contributed by atoms with E-state index >= 15 is 0 Å². The second-order valence-electron chi connectivity index (χ2n) is 9.21. The van der Waals surface area contributed by atoms with Gasteiger partial charge in [0.15, 0.2) is 5.78 Å². The van der Waals surface area contributed by atoms with Crippen LogP contribution in [0.2, 0.25) is 0 Å². The Kier molecular flexibility index (Phi) is 7.63. The summed E-state index contributed by atoms with van der Waals surface area (Å²) in [5.74, 6) is 0.577. The molecule has 1 saturated carbocycles. The highest BCUT2D eigenvalue weighted by atomic mass is 19.1. The molecule has 1 aliphatic carbocycles. The van der Waals surface area contributed by atoms with Crippen LogP contribution in [0.1, 0.15) is 65.7 Å². The molecule has 2 aromatic rings. The highest BCUT2D eigenvalue weighted by Crippen LogP contribution is 2.28. The molecule has 2 aliphatic rings. The van der Waals surface area contributed by atoms with Crippen molar-refractivity contribution in [2.45, 2.75) is 51.0 Å². The topological polar surface area (TPSA) is 62.3 Å². The largest absolute Gasteiger partial charge is 0.349 e. The zero-order chi connectivity index (χ0) is 22.3. The normalized spacial score (nSPS) is 22.4. The van der Waals surface area contributed by atoms with Gasteiger partial charge in [-0.15, -0.1) is 0 Å². The molecule has 2 heterocycles. The lowest BCUT2D eigenvalue weighted by Crippen LogP contribution is -2.39. The minimum Gasteiger partial charge on any atom is -0.349 e. The molecule has 2 fully saturated rings. The van der Waals surface area contributed by atoms with E-state index in [1.54, 1.807) is 36.7 Å². The number of aromatic nitrogens is 1. The van der Waals surface area contributed by atoms with E-state index in [0.717, 1.165) is 58.2 Å². The van der Waals surface area contributed by atoms with Crippen molar-refractivity contribution in [3.8, 4) is 0 Å². The molecule has 0 spiro atoms. The molecule has 0 radical (unpaired) electrons. The van der Waals surface area contributed by atoms with E-state index in [1.165, 1.54) is 18.6 Å². The summed E-state index contributed by atoms with van der Waals surface area (Å²) >= 11 is 0. The maximum absolute atomic E-state index is 13.1. The molecule has 5 nitrogen and oxygen atoms in total. The van der Waals surface area contributed by atoms with Gasteiger partial charge in [-0.05, 0) is 107 Å². The third-order valence-electron chi connectivity index (χ3n) is 7.05. The standard InChI is InChI=1S/C26H32FN3O2/c27-23-7-5-20(6-8-23)25(31)21-12-16-30(17-13-21)15-11-19-3-9-24(10-4-19)29-26(32)22-2-1-14-28-18-22/h1-2,5-8,14,18-19,21,24H,3-4,9-13,15-17H2,(H,29,32). The first kappa shape index (κ1) is 22.6. The minimum atomic E-state index is -0.304. The van der Waals surface area contributed by atoms with Gasteiger partial charge in [-0.1, -0.05) is 0 Å². The molecule has 4 rings (SSSR count). The van der Waals surface area contributed by atoms with Crippen molar-refractivity contribution >= 4 is 11.7 Å². The number of carbonyl (C=O) groups is 2. The van der Waals surface area contributed by atoms with E-state index in [2.05, 4.69) is 15.2 Å². The molecular formula is C26H32FN3O2. The van der Waals surface area contributed by atoms with E-state index < -0.39 is 0 Å². The van der Waals surface area contributed by atoms with Crippen molar-refractivity contribution in [2.24, 2.45) is 11.8 Å². The number of pyridine rings is 1. The van der Waals surface area contributed by atoms with Gasteiger partial charge in [0.1, 0.15) is 5.82 Å². The van der Waals surface area contributed by atoms with Gasteiger partial charge in [-0.3, -0.25) is 14.6 Å². The fourth-order valence-corrected chi connectivity index (χ4v) is 5.00. The van der Waals surface area contributed by atoms with Crippen LogP contribution in [0.15, 0.2) is 48.8 Å². The molecule has 1 amide bonds.